The van der Waals surface area contributed by atoms with E-state index in [1.54, 1.807) is 36.7 Å². The van der Waals surface area contributed by atoms with E-state index in [4.69, 9.17) is 23.2 Å². The van der Waals surface area contributed by atoms with Gasteiger partial charge in [-0.15, -0.1) is 0 Å². The molecule has 0 bridgehead atoms. The van der Waals surface area contributed by atoms with Crippen molar-refractivity contribution < 1.29 is 31.0 Å². The molecule has 0 aliphatic carbocycles. The van der Waals surface area contributed by atoms with Crippen LogP contribution in [0.4, 0.5) is 37.4 Å². The van der Waals surface area contributed by atoms with Crippen molar-refractivity contribution in [2.24, 2.45) is 0 Å². The third kappa shape index (κ3) is 12.3. The number of fused-ring (bicyclic) bond motifs is 2. The Kier molecular flexibility index (Phi) is 14.0. The van der Waals surface area contributed by atoms with Gasteiger partial charge in [0.2, 0.25) is 5.71 Å². The van der Waals surface area contributed by atoms with Crippen molar-refractivity contribution in [1.29, 1.82) is 0 Å². The van der Waals surface area contributed by atoms with Crippen LogP contribution in [0.2, 0.25) is 10.0 Å². The molecule has 4 aromatic carbocycles. The van der Waals surface area contributed by atoms with Gasteiger partial charge in [0.1, 0.15) is 11.6 Å². The van der Waals surface area contributed by atoms with E-state index in [2.05, 4.69) is 30.9 Å². The molecule has 0 aliphatic heterocycles. The maximum atomic E-state index is 13.8. The number of benzene rings is 4. The van der Waals surface area contributed by atoms with Crippen LogP contribution in [0, 0.1) is 11.6 Å². The van der Waals surface area contributed by atoms with E-state index in [0.717, 1.165) is 55.7 Å². The Bertz CT molecular complexity index is 2260. The Morgan fingerprint density at radius 3 is 1.69 bits per heavy atom. The highest BCUT2D eigenvalue weighted by atomic mass is 35.5. The first-order valence-electron chi connectivity index (χ1n) is 16.6. The monoisotopic (exact) mass is 780 g/mol. The first-order chi connectivity index (χ1) is 25.9. The van der Waals surface area contributed by atoms with Crippen molar-refractivity contribution >= 4 is 75.0 Å². The van der Waals surface area contributed by atoms with Crippen molar-refractivity contribution in [3.63, 3.8) is 0 Å². The molecule has 2 heterocycles. The standard InChI is InChI=1S/C39H32Cl2F2N6.BF4/c40-28-8-14-32-36(16-18-44-38(32)24-28)48-22-20-46-34(26-4-10-30(42)11-5-26)2-1-3-35(27-6-12-31(43)13-7-27)47-21-23-49-37-17-19-45-39-25-29(41)9-15-33(37)39;2-1(3,4)5/h1-19,24-25,46H,20-23H2,(H,44,48)(H,45,49);/q;-1/p+1/b3-1+,34-2+,47-35?;. The molecule has 0 unspecified atom stereocenters. The van der Waals surface area contributed by atoms with E-state index < -0.39 is 7.25 Å². The molecule has 0 spiro atoms. The van der Waals surface area contributed by atoms with Gasteiger partial charge < -0.3 is 33.2 Å². The molecule has 54 heavy (non-hydrogen) atoms. The molecular formula is C39H33BCl2F6N6. The van der Waals surface area contributed by atoms with E-state index in [-0.39, 0.29) is 11.6 Å². The van der Waals surface area contributed by atoms with Crippen LogP contribution in [-0.4, -0.2) is 49.1 Å². The van der Waals surface area contributed by atoms with Crippen LogP contribution in [-0.2, 0) is 0 Å². The average Bonchev–Trinajstić information content (AvgIpc) is 3.13. The van der Waals surface area contributed by atoms with E-state index in [1.807, 2.05) is 66.8 Å². The predicted molar refractivity (Wildman–Crippen MR) is 209 cm³/mol. The van der Waals surface area contributed by atoms with Gasteiger partial charge in [0.15, 0.2) is 6.54 Å². The third-order valence-electron chi connectivity index (χ3n) is 7.76. The van der Waals surface area contributed by atoms with Crippen LogP contribution < -0.4 is 20.9 Å². The summed E-state index contributed by atoms with van der Waals surface area (Å²) >= 11 is 12.3. The molecule has 6 nitrogen and oxygen atoms in total. The van der Waals surface area contributed by atoms with Crippen molar-refractivity contribution in [3.05, 3.63) is 160 Å². The molecule has 4 N–H and O–H groups in total. The second-order valence-electron chi connectivity index (χ2n) is 11.6. The minimum absolute atomic E-state index is 0.307. The molecule has 0 radical (unpaired) electrons. The molecule has 0 saturated heterocycles. The van der Waals surface area contributed by atoms with E-state index >= 15 is 0 Å². The zero-order valence-corrected chi connectivity index (χ0v) is 30.0. The highest BCUT2D eigenvalue weighted by Gasteiger charge is 2.20. The summed E-state index contributed by atoms with van der Waals surface area (Å²) in [6.45, 7) is 2.40. The van der Waals surface area contributed by atoms with Gasteiger partial charge in [0.05, 0.1) is 17.6 Å². The van der Waals surface area contributed by atoms with Gasteiger partial charge >= 0.3 is 7.25 Å². The largest absolute Gasteiger partial charge is 0.673 e. The van der Waals surface area contributed by atoms with Crippen molar-refractivity contribution in [1.82, 2.24) is 15.3 Å². The van der Waals surface area contributed by atoms with Crippen molar-refractivity contribution in [3.8, 4) is 0 Å². The van der Waals surface area contributed by atoms with E-state index in [0.29, 0.717) is 36.2 Å². The second kappa shape index (κ2) is 19.0. The second-order valence-corrected chi connectivity index (χ2v) is 12.5. The fourth-order valence-corrected chi connectivity index (χ4v) is 5.69. The van der Waals surface area contributed by atoms with Crippen molar-refractivity contribution in [2.75, 3.05) is 36.8 Å². The number of hydrogen-bond donors (Lipinski definition) is 4. The smallest absolute Gasteiger partial charge is 0.418 e. The average molecular weight is 781 g/mol. The molecule has 0 amide bonds. The third-order valence-corrected chi connectivity index (χ3v) is 8.23. The first-order valence-corrected chi connectivity index (χ1v) is 17.4. The summed E-state index contributed by atoms with van der Waals surface area (Å²) in [5.74, 6) is -0.614. The number of hydrogen-bond acceptors (Lipinski definition) is 5. The Labute approximate surface area is 317 Å². The maximum absolute atomic E-state index is 13.8. The number of allylic oxidation sites excluding steroid dienone is 3. The van der Waals surface area contributed by atoms with Crippen LogP contribution in [0.5, 0.6) is 0 Å². The number of rotatable bonds is 13. The SMILES string of the molecule is F[B-](F)(F)F.Fc1ccc(C(/C=C/C=C(/NCCNc2ccnc3cc(Cl)ccc23)c2ccc(F)cc2)=[NH+]CCNc2ccnc3cc(Cl)ccc23)cc1. The predicted octanol–water partition coefficient (Wildman–Crippen LogP) is 8.95. The minimum Gasteiger partial charge on any atom is -0.418 e. The van der Waals surface area contributed by atoms with E-state index in [1.165, 1.54) is 24.3 Å². The van der Waals surface area contributed by atoms with Crippen LogP contribution in [0.25, 0.3) is 27.5 Å². The summed E-state index contributed by atoms with van der Waals surface area (Å²) in [4.78, 5) is 12.3. The summed E-state index contributed by atoms with van der Waals surface area (Å²) in [5.41, 5.74) is 6.84. The first kappa shape index (κ1) is 39.7. The number of aromatic nitrogens is 2. The quantitative estimate of drug-likeness (QED) is 0.0310. The van der Waals surface area contributed by atoms with Crippen LogP contribution in [0.15, 0.2) is 128 Å². The zero-order valence-electron chi connectivity index (χ0n) is 28.4. The lowest BCUT2D eigenvalue weighted by molar-refractivity contribution is -0.451. The zero-order chi connectivity index (χ0) is 38.5. The molecule has 2 aromatic heterocycles. The molecule has 6 aromatic rings. The molecule has 0 saturated carbocycles. The van der Waals surface area contributed by atoms with Gasteiger partial charge in [-0.25, -0.2) is 13.8 Å². The van der Waals surface area contributed by atoms with Crippen LogP contribution in [0.1, 0.15) is 11.1 Å². The van der Waals surface area contributed by atoms with Crippen LogP contribution in [0.3, 0.4) is 0 Å². The van der Waals surface area contributed by atoms with Gasteiger partial charge in [-0.1, -0.05) is 41.4 Å². The highest BCUT2D eigenvalue weighted by Crippen LogP contribution is 2.25. The number of nitrogens with one attached hydrogen (secondary N) is 4. The highest BCUT2D eigenvalue weighted by molar-refractivity contribution is 6.50. The molecule has 0 fully saturated rings. The lowest BCUT2D eigenvalue weighted by atomic mass is 10.1. The summed E-state index contributed by atoms with van der Waals surface area (Å²) in [7, 11) is -6.00. The summed E-state index contributed by atoms with van der Waals surface area (Å²) < 4.78 is 66.6. The molecule has 0 atom stereocenters. The van der Waals surface area contributed by atoms with Gasteiger partial charge in [0.25, 0.3) is 0 Å². The normalized spacial score (nSPS) is 12.1. The number of pyridine rings is 2. The maximum Gasteiger partial charge on any atom is 0.673 e. The summed E-state index contributed by atoms with van der Waals surface area (Å²) in [6, 6.07) is 27.8. The topological polar surface area (TPSA) is 75.8 Å². The molecule has 15 heteroatoms. The summed E-state index contributed by atoms with van der Waals surface area (Å²) in [5, 5.41) is 13.6. The molecule has 6 rings (SSSR count). The Morgan fingerprint density at radius 1 is 0.648 bits per heavy atom. The molecule has 278 valence electrons. The Balaban J connectivity index is 0.00000105. The fourth-order valence-electron chi connectivity index (χ4n) is 5.35. The van der Waals surface area contributed by atoms with Gasteiger partial charge in [-0.3, -0.25) is 9.97 Å². The lowest BCUT2D eigenvalue weighted by Crippen LogP contribution is -2.74. The fraction of sp³-hybridized carbons (Fsp3) is 0.103. The van der Waals surface area contributed by atoms with Gasteiger partial charge in [-0.05, 0) is 96.6 Å². The van der Waals surface area contributed by atoms with Crippen LogP contribution >= 0.6 is 23.2 Å². The minimum atomic E-state index is -6.00. The summed E-state index contributed by atoms with van der Waals surface area (Å²) in [6.07, 6.45) is 9.29. The Hall–Kier alpha value is -5.53. The van der Waals surface area contributed by atoms with Crippen molar-refractivity contribution in [2.45, 2.75) is 0 Å². The molecular weight excluding hydrogens is 748 g/mol. The molecule has 0 aliphatic rings. The van der Waals surface area contributed by atoms with Gasteiger partial charge in [-0.2, -0.15) is 0 Å². The number of nitrogens with zero attached hydrogens (tertiary/aromatic N) is 2. The number of anilines is 2. The van der Waals surface area contributed by atoms with Gasteiger partial charge in [0, 0.05) is 75.0 Å². The van der Waals surface area contributed by atoms with E-state index in [9.17, 15) is 26.0 Å². The lowest BCUT2D eigenvalue weighted by Gasteiger charge is -2.13. The number of halogens is 8. The Morgan fingerprint density at radius 2 is 1.15 bits per heavy atom.